The van der Waals surface area contributed by atoms with Crippen molar-refractivity contribution in [1.29, 1.82) is 0 Å². The van der Waals surface area contributed by atoms with Crippen LogP contribution in [0.2, 0.25) is 0 Å². The summed E-state index contributed by atoms with van der Waals surface area (Å²) in [5, 5.41) is 0. The number of amides is 1. The maximum atomic E-state index is 11.6. The van der Waals surface area contributed by atoms with Gasteiger partial charge in [-0.25, -0.2) is 0 Å². The van der Waals surface area contributed by atoms with Crippen molar-refractivity contribution < 1.29 is 4.79 Å². The molecular formula is C10H10BrNO. The minimum atomic E-state index is -0.00231. The number of benzene rings is 1. The van der Waals surface area contributed by atoms with Gasteiger partial charge < -0.3 is 4.90 Å². The summed E-state index contributed by atoms with van der Waals surface area (Å²) in [6.45, 7) is 1.94. The van der Waals surface area contributed by atoms with Gasteiger partial charge in [-0.1, -0.05) is 15.9 Å². The number of halogens is 1. The summed E-state index contributed by atoms with van der Waals surface area (Å²) in [6, 6.07) is 5.95. The molecule has 1 atom stereocenters. The van der Waals surface area contributed by atoms with E-state index in [1.807, 2.05) is 32.2 Å². The molecule has 1 aliphatic heterocycles. The molecule has 68 valence electrons. The van der Waals surface area contributed by atoms with Crippen LogP contribution in [-0.4, -0.2) is 13.0 Å². The number of likely N-dealkylation sites (N-methyl/N-ethyl adjacent to an activating group) is 1. The van der Waals surface area contributed by atoms with Crippen LogP contribution in [0.4, 0.5) is 5.69 Å². The molecule has 0 saturated heterocycles. The predicted molar refractivity (Wildman–Crippen MR) is 56.0 cm³/mol. The van der Waals surface area contributed by atoms with E-state index in [2.05, 4.69) is 15.9 Å². The Bertz CT molecular complexity index is 375. The summed E-state index contributed by atoms with van der Waals surface area (Å²) in [5.41, 5.74) is 2.14. The van der Waals surface area contributed by atoms with Crippen LogP contribution in [0.1, 0.15) is 18.4 Å². The Kier molecular flexibility index (Phi) is 1.91. The third-order valence-electron chi connectivity index (χ3n) is 2.52. The Morgan fingerprint density at radius 1 is 1.46 bits per heavy atom. The zero-order valence-corrected chi connectivity index (χ0v) is 9.13. The minimum absolute atomic E-state index is 0.00231. The molecule has 0 radical (unpaired) electrons. The Morgan fingerprint density at radius 3 is 2.85 bits per heavy atom. The van der Waals surface area contributed by atoms with Crippen molar-refractivity contribution in [3.05, 3.63) is 28.2 Å². The molecule has 0 spiro atoms. The first-order chi connectivity index (χ1) is 6.11. The second kappa shape index (κ2) is 2.84. The molecule has 0 N–H and O–H groups in total. The van der Waals surface area contributed by atoms with Crippen molar-refractivity contribution in [2.75, 3.05) is 11.9 Å². The molecule has 0 fully saturated rings. The lowest BCUT2D eigenvalue weighted by Gasteiger charge is -2.09. The Labute approximate surface area is 85.7 Å². The average Bonchev–Trinajstić information content (AvgIpc) is 2.32. The van der Waals surface area contributed by atoms with Crippen LogP contribution in [-0.2, 0) is 4.79 Å². The summed E-state index contributed by atoms with van der Waals surface area (Å²) in [5.74, 6) is 0.172. The molecule has 2 nitrogen and oxygen atoms in total. The van der Waals surface area contributed by atoms with E-state index in [4.69, 9.17) is 0 Å². The minimum Gasteiger partial charge on any atom is -0.315 e. The van der Waals surface area contributed by atoms with E-state index in [0.29, 0.717) is 0 Å². The van der Waals surface area contributed by atoms with Crippen molar-refractivity contribution in [3.8, 4) is 0 Å². The van der Waals surface area contributed by atoms with Crippen LogP contribution >= 0.6 is 15.9 Å². The van der Waals surface area contributed by atoms with Crippen LogP contribution < -0.4 is 4.90 Å². The number of fused-ring (bicyclic) bond motifs is 1. The highest BCUT2D eigenvalue weighted by molar-refractivity contribution is 9.10. The summed E-state index contributed by atoms with van der Waals surface area (Å²) in [4.78, 5) is 13.3. The summed E-state index contributed by atoms with van der Waals surface area (Å²) in [6.07, 6.45) is 0. The lowest BCUT2D eigenvalue weighted by atomic mass is 10.0. The van der Waals surface area contributed by atoms with Gasteiger partial charge in [-0.15, -0.1) is 0 Å². The fraction of sp³-hybridized carbons (Fsp3) is 0.300. The number of carbonyl (C=O) groups excluding carboxylic acids is 1. The van der Waals surface area contributed by atoms with Gasteiger partial charge in [0, 0.05) is 17.2 Å². The topological polar surface area (TPSA) is 20.3 Å². The van der Waals surface area contributed by atoms with Crippen molar-refractivity contribution in [2.45, 2.75) is 12.8 Å². The van der Waals surface area contributed by atoms with Gasteiger partial charge in [0.1, 0.15) is 0 Å². The van der Waals surface area contributed by atoms with Crippen molar-refractivity contribution >= 4 is 27.5 Å². The number of anilines is 1. The molecule has 1 unspecified atom stereocenters. The second-order valence-electron chi connectivity index (χ2n) is 3.32. The highest BCUT2D eigenvalue weighted by Crippen LogP contribution is 2.37. The molecule has 0 saturated carbocycles. The van der Waals surface area contributed by atoms with Crippen LogP contribution in [0.15, 0.2) is 22.7 Å². The lowest BCUT2D eigenvalue weighted by Crippen LogP contribution is -2.22. The third kappa shape index (κ3) is 1.18. The first kappa shape index (κ1) is 8.75. The van der Waals surface area contributed by atoms with E-state index in [-0.39, 0.29) is 11.8 Å². The fourth-order valence-corrected chi connectivity index (χ4v) is 2.10. The third-order valence-corrected chi connectivity index (χ3v) is 3.01. The molecule has 2 rings (SSSR count). The summed E-state index contributed by atoms with van der Waals surface area (Å²) < 4.78 is 1.03. The number of hydrogen-bond donors (Lipinski definition) is 0. The van der Waals surface area contributed by atoms with Gasteiger partial charge in [-0.05, 0) is 30.7 Å². The second-order valence-corrected chi connectivity index (χ2v) is 4.24. The van der Waals surface area contributed by atoms with E-state index in [9.17, 15) is 4.79 Å². The van der Waals surface area contributed by atoms with Gasteiger partial charge >= 0.3 is 0 Å². The van der Waals surface area contributed by atoms with Gasteiger partial charge in [0.2, 0.25) is 5.91 Å². The molecule has 1 aliphatic rings. The first-order valence-corrected chi connectivity index (χ1v) is 4.97. The number of rotatable bonds is 0. The Balaban J connectivity index is 2.60. The first-order valence-electron chi connectivity index (χ1n) is 4.18. The van der Waals surface area contributed by atoms with E-state index in [1.165, 1.54) is 0 Å². The van der Waals surface area contributed by atoms with Gasteiger partial charge in [-0.2, -0.15) is 0 Å². The normalized spacial score (nSPS) is 20.7. The van der Waals surface area contributed by atoms with Crippen molar-refractivity contribution in [2.24, 2.45) is 0 Å². The average molecular weight is 240 g/mol. The molecule has 3 heteroatoms. The SMILES string of the molecule is CC1C(=O)N(C)c2ccc(Br)cc21. The zero-order valence-electron chi connectivity index (χ0n) is 7.54. The molecule has 1 heterocycles. The molecule has 13 heavy (non-hydrogen) atoms. The Hall–Kier alpha value is -0.830. The van der Waals surface area contributed by atoms with E-state index < -0.39 is 0 Å². The molecule has 1 aromatic carbocycles. The van der Waals surface area contributed by atoms with Gasteiger partial charge in [0.25, 0.3) is 0 Å². The van der Waals surface area contributed by atoms with Crippen LogP contribution in [0.5, 0.6) is 0 Å². The van der Waals surface area contributed by atoms with Crippen molar-refractivity contribution in [3.63, 3.8) is 0 Å². The van der Waals surface area contributed by atoms with Gasteiger partial charge in [-0.3, -0.25) is 4.79 Å². The summed E-state index contributed by atoms with van der Waals surface area (Å²) in [7, 11) is 1.82. The standard InChI is InChI=1S/C10H10BrNO/c1-6-8-5-7(11)3-4-9(8)12(2)10(6)13/h3-6H,1-2H3. The van der Waals surface area contributed by atoms with Gasteiger partial charge in [0.05, 0.1) is 5.92 Å². The highest BCUT2D eigenvalue weighted by Gasteiger charge is 2.31. The largest absolute Gasteiger partial charge is 0.315 e. The maximum Gasteiger partial charge on any atom is 0.234 e. The Morgan fingerprint density at radius 2 is 2.15 bits per heavy atom. The quantitative estimate of drug-likeness (QED) is 0.682. The fourth-order valence-electron chi connectivity index (χ4n) is 1.72. The monoisotopic (exact) mass is 239 g/mol. The van der Waals surface area contributed by atoms with E-state index in [1.54, 1.807) is 4.90 Å². The molecular weight excluding hydrogens is 230 g/mol. The molecule has 0 aromatic heterocycles. The van der Waals surface area contributed by atoms with Crippen molar-refractivity contribution in [1.82, 2.24) is 0 Å². The molecule has 0 bridgehead atoms. The highest BCUT2D eigenvalue weighted by atomic mass is 79.9. The van der Waals surface area contributed by atoms with Crippen LogP contribution in [0.25, 0.3) is 0 Å². The van der Waals surface area contributed by atoms with E-state index in [0.717, 1.165) is 15.7 Å². The van der Waals surface area contributed by atoms with Gasteiger partial charge in [0.15, 0.2) is 0 Å². The number of nitrogens with zero attached hydrogens (tertiary/aromatic N) is 1. The lowest BCUT2D eigenvalue weighted by molar-refractivity contribution is -0.118. The smallest absolute Gasteiger partial charge is 0.234 e. The number of hydrogen-bond acceptors (Lipinski definition) is 1. The van der Waals surface area contributed by atoms with Crippen LogP contribution in [0, 0.1) is 0 Å². The molecule has 1 amide bonds. The molecule has 0 aliphatic carbocycles. The zero-order chi connectivity index (χ0) is 9.59. The molecule has 1 aromatic rings. The summed E-state index contributed by atoms with van der Waals surface area (Å²) >= 11 is 3.40. The maximum absolute atomic E-state index is 11.6. The number of carbonyl (C=O) groups is 1. The van der Waals surface area contributed by atoms with Crippen LogP contribution in [0.3, 0.4) is 0 Å². The van der Waals surface area contributed by atoms with E-state index >= 15 is 0 Å². The predicted octanol–water partition coefficient (Wildman–Crippen LogP) is 2.53.